The monoisotopic (exact) mass is 179 g/mol. The summed E-state index contributed by atoms with van der Waals surface area (Å²) in [5, 5.41) is 3.95. The van der Waals surface area contributed by atoms with Gasteiger partial charge in [0.25, 0.3) is 0 Å². The van der Waals surface area contributed by atoms with Crippen molar-refractivity contribution in [3.8, 4) is 0 Å². The maximum absolute atomic E-state index is 7.97. The van der Waals surface area contributed by atoms with E-state index >= 15 is 0 Å². The first-order chi connectivity index (χ1) is 5.83. The maximum atomic E-state index is 7.97. The molecule has 0 heterocycles. The van der Waals surface area contributed by atoms with Gasteiger partial charge in [-0.1, -0.05) is 34.9 Å². The maximum Gasteiger partial charge on any atom is 0.0406 e. The zero-order valence-corrected chi connectivity index (χ0v) is 6.94. The number of nitrogens with zero attached hydrogens (tertiary/aromatic N) is 3. The van der Waals surface area contributed by atoms with Gasteiger partial charge in [0.2, 0.25) is 0 Å². The molecule has 0 N–H and O–H groups in total. The second-order valence-electron chi connectivity index (χ2n) is 2.07. The summed E-state index contributed by atoms with van der Waals surface area (Å²) in [5.41, 5.74) is 8.93. The Balaban J connectivity index is 2.77. The van der Waals surface area contributed by atoms with E-state index in [0.29, 0.717) is 5.02 Å². The number of rotatable bonds is 2. The van der Waals surface area contributed by atoms with Gasteiger partial charge in [-0.2, -0.15) is 0 Å². The molecule has 3 nitrogen and oxygen atoms in total. The van der Waals surface area contributed by atoms with Crippen LogP contribution >= 0.6 is 11.6 Å². The van der Waals surface area contributed by atoms with Gasteiger partial charge >= 0.3 is 0 Å². The highest BCUT2D eigenvalue weighted by molar-refractivity contribution is 6.30. The van der Waals surface area contributed by atoms with Crippen molar-refractivity contribution in [1.29, 1.82) is 0 Å². The average molecular weight is 180 g/mol. The van der Waals surface area contributed by atoms with Crippen molar-refractivity contribution in [3.05, 3.63) is 51.5 Å². The lowest BCUT2D eigenvalue weighted by Gasteiger charge is -1.90. The molecule has 0 saturated heterocycles. The van der Waals surface area contributed by atoms with E-state index in [1.165, 1.54) is 6.20 Å². The van der Waals surface area contributed by atoms with Crippen molar-refractivity contribution >= 4 is 17.7 Å². The van der Waals surface area contributed by atoms with Crippen molar-refractivity contribution in [2.75, 3.05) is 0 Å². The van der Waals surface area contributed by atoms with Gasteiger partial charge in [-0.05, 0) is 23.2 Å². The Bertz CT molecular complexity index is 323. The number of azide groups is 1. The van der Waals surface area contributed by atoms with Gasteiger partial charge in [-0.15, -0.1) is 0 Å². The second kappa shape index (κ2) is 4.44. The molecule has 0 aromatic heterocycles. The van der Waals surface area contributed by atoms with Gasteiger partial charge in [0, 0.05) is 16.1 Å². The lowest BCUT2D eigenvalue weighted by Crippen LogP contribution is -1.68. The topological polar surface area (TPSA) is 48.8 Å². The SMILES string of the molecule is [N-]=[N+]=N/C=C\c1ccc(Cl)cc1. The summed E-state index contributed by atoms with van der Waals surface area (Å²) < 4.78 is 0. The fourth-order valence-electron chi connectivity index (χ4n) is 0.723. The predicted octanol–water partition coefficient (Wildman–Crippen LogP) is 3.62. The molecule has 1 rings (SSSR count). The highest BCUT2D eigenvalue weighted by Gasteiger charge is 1.85. The smallest absolute Gasteiger partial charge is 0.0406 e. The summed E-state index contributed by atoms with van der Waals surface area (Å²) in [4.78, 5) is 2.58. The van der Waals surface area contributed by atoms with Crippen molar-refractivity contribution in [3.63, 3.8) is 0 Å². The van der Waals surface area contributed by atoms with Crippen LogP contribution in [0, 0.1) is 0 Å². The number of hydrogen-bond acceptors (Lipinski definition) is 1. The Hall–Kier alpha value is -1.44. The van der Waals surface area contributed by atoms with Crippen molar-refractivity contribution in [1.82, 2.24) is 0 Å². The molecule has 0 amide bonds. The minimum absolute atomic E-state index is 0.691. The lowest BCUT2D eigenvalue weighted by atomic mass is 10.2. The number of hydrogen-bond donors (Lipinski definition) is 0. The van der Waals surface area contributed by atoms with Crippen LogP contribution in [0.2, 0.25) is 5.02 Å². The largest absolute Gasteiger partial charge is 0.0843 e. The van der Waals surface area contributed by atoms with E-state index in [1.54, 1.807) is 18.2 Å². The first-order valence-corrected chi connectivity index (χ1v) is 3.67. The fraction of sp³-hybridized carbons (Fsp3) is 0. The summed E-state index contributed by atoms with van der Waals surface area (Å²) in [6.45, 7) is 0. The Morgan fingerprint density at radius 1 is 1.33 bits per heavy atom. The van der Waals surface area contributed by atoms with Crippen LogP contribution in [0.4, 0.5) is 0 Å². The molecule has 0 aliphatic rings. The van der Waals surface area contributed by atoms with Crippen LogP contribution in [0.25, 0.3) is 16.5 Å². The van der Waals surface area contributed by atoms with Crippen LogP contribution in [-0.2, 0) is 0 Å². The van der Waals surface area contributed by atoms with Crippen LogP contribution in [0.5, 0.6) is 0 Å². The Kier molecular flexibility index (Phi) is 3.20. The molecule has 1 aromatic rings. The zero-order chi connectivity index (χ0) is 8.81. The number of halogens is 1. The molecular weight excluding hydrogens is 174 g/mol. The fourth-order valence-corrected chi connectivity index (χ4v) is 0.849. The minimum atomic E-state index is 0.691. The summed E-state index contributed by atoms with van der Waals surface area (Å²) in [6.07, 6.45) is 3.10. The molecular formula is C8H6ClN3. The third-order valence-electron chi connectivity index (χ3n) is 1.26. The molecule has 0 atom stereocenters. The molecule has 60 valence electrons. The third kappa shape index (κ3) is 2.66. The van der Waals surface area contributed by atoms with E-state index in [-0.39, 0.29) is 0 Å². The van der Waals surface area contributed by atoms with E-state index in [1.807, 2.05) is 12.1 Å². The Morgan fingerprint density at radius 3 is 2.58 bits per heavy atom. The van der Waals surface area contributed by atoms with E-state index in [4.69, 9.17) is 17.1 Å². The van der Waals surface area contributed by atoms with Crippen molar-refractivity contribution < 1.29 is 0 Å². The van der Waals surface area contributed by atoms with E-state index < -0.39 is 0 Å². The molecule has 4 heteroatoms. The van der Waals surface area contributed by atoms with Crippen LogP contribution in [-0.4, -0.2) is 0 Å². The van der Waals surface area contributed by atoms with Crippen molar-refractivity contribution in [2.24, 2.45) is 5.11 Å². The van der Waals surface area contributed by atoms with E-state index in [9.17, 15) is 0 Å². The summed E-state index contributed by atoms with van der Waals surface area (Å²) in [6, 6.07) is 7.23. The average Bonchev–Trinajstić information content (AvgIpc) is 2.09. The second-order valence-corrected chi connectivity index (χ2v) is 2.51. The molecule has 0 radical (unpaired) electrons. The van der Waals surface area contributed by atoms with Crippen LogP contribution < -0.4 is 0 Å². The molecule has 12 heavy (non-hydrogen) atoms. The normalized spacial score (nSPS) is 9.75. The Morgan fingerprint density at radius 2 is 2.00 bits per heavy atom. The summed E-state index contributed by atoms with van der Waals surface area (Å²) in [5.74, 6) is 0. The molecule has 1 aromatic carbocycles. The third-order valence-corrected chi connectivity index (χ3v) is 1.51. The van der Waals surface area contributed by atoms with E-state index in [0.717, 1.165) is 5.56 Å². The van der Waals surface area contributed by atoms with Gasteiger partial charge < -0.3 is 0 Å². The summed E-state index contributed by atoms with van der Waals surface area (Å²) >= 11 is 5.67. The van der Waals surface area contributed by atoms with Gasteiger partial charge in [0.15, 0.2) is 0 Å². The van der Waals surface area contributed by atoms with Crippen LogP contribution in [0.15, 0.2) is 35.6 Å². The Labute approximate surface area is 74.9 Å². The van der Waals surface area contributed by atoms with Crippen LogP contribution in [0.1, 0.15) is 5.56 Å². The van der Waals surface area contributed by atoms with Gasteiger partial charge in [0.1, 0.15) is 0 Å². The van der Waals surface area contributed by atoms with Gasteiger partial charge in [-0.3, -0.25) is 0 Å². The molecule has 0 aliphatic carbocycles. The highest BCUT2D eigenvalue weighted by atomic mass is 35.5. The standard InChI is InChI=1S/C8H6ClN3/c9-8-3-1-7(2-4-8)5-6-11-12-10/h1-6H/b6-5-. The molecule has 0 bridgehead atoms. The van der Waals surface area contributed by atoms with E-state index in [2.05, 4.69) is 10.0 Å². The first kappa shape index (κ1) is 8.65. The molecule has 0 unspecified atom stereocenters. The molecule has 0 fully saturated rings. The minimum Gasteiger partial charge on any atom is -0.0843 e. The molecule has 0 spiro atoms. The molecule has 0 saturated carbocycles. The quantitative estimate of drug-likeness (QED) is 0.378. The zero-order valence-electron chi connectivity index (χ0n) is 6.18. The van der Waals surface area contributed by atoms with Crippen LogP contribution in [0.3, 0.4) is 0 Å². The lowest BCUT2D eigenvalue weighted by molar-refractivity contribution is 1.52. The predicted molar refractivity (Wildman–Crippen MR) is 49.6 cm³/mol. The first-order valence-electron chi connectivity index (χ1n) is 3.29. The number of benzene rings is 1. The van der Waals surface area contributed by atoms with Crippen molar-refractivity contribution in [2.45, 2.75) is 0 Å². The van der Waals surface area contributed by atoms with Gasteiger partial charge in [-0.25, -0.2) is 0 Å². The van der Waals surface area contributed by atoms with Gasteiger partial charge in [0.05, 0.1) is 0 Å². The summed E-state index contributed by atoms with van der Waals surface area (Å²) in [7, 11) is 0. The molecule has 0 aliphatic heterocycles. The highest BCUT2D eigenvalue weighted by Crippen LogP contribution is 2.10.